The second kappa shape index (κ2) is 11.1. The summed E-state index contributed by atoms with van der Waals surface area (Å²) in [6.07, 6.45) is 1.29. The van der Waals surface area contributed by atoms with Crippen molar-refractivity contribution in [1.29, 1.82) is 0 Å². The Kier molecular flexibility index (Phi) is 8.77. The van der Waals surface area contributed by atoms with Gasteiger partial charge in [-0.15, -0.1) is 11.3 Å². The highest BCUT2D eigenvalue weighted by atomic mass is 32.1. The summed E-state index contributed by atoms with van der Waals surface area (Å²) in [5, 5.41) is 8.12. The number of esters is 1. The Morgan fingerprint density at radius 1 is 1.09 bits per heavy atom. The van der Waals surface area contributed by atoms with Crippen LogP contribution in [0, 0.1) is 5.92 Å². The number of hydrogen-bond acceptors (Lipinski definition) is 7. The summed E-state index contributed by atoms with van der Waals surface area (Å²) in [4.78, 5) is 41.7. The number of nitrogens with one attached hydrogen (secondary N) is 2. The Hall–Kier alpha value is -2.94. The molecule has 2 rings (SSSR count). The van der Waals surface area contributed by atoms with E-state index in [0.29, 0.717) is 0 Å². The second-order valence-electron chi connectivity index (χ2n) is 8.69. The number of ether oxygens (including phenoxy) is 2. The molecule has 8 nitrogen and oxygen atoms in total. The van der Waals surface area contributed by atoms with Crippen molar-refractivity contribution >= 4 is 29.3 Å². The van der Waals surface area contributed by atoms with Crippen LogP contribution in [-0.2, 0) is 25.5 Å². The molecule has 9 heteroatoms. The van der Waals surface area contributed by atoms with Crippen molar-refractivity contribution in [2.45, 2.75) is 58.7 Å². The first-order valence-corrected chi connectivity index (χ1v) is 11.2. The summed E-state index contributed by atoms with van der Waals surface area (Å²) in [5.41, 5.74) is 1.13. The van der Waals surface area contributed by atoms with Crippen LogP contribution in [0.15, 0.2) is 35.8 Å². The van der Waals surface area contributed by atoms with E-state index in [-0.39, 0.29) is 12.3 Å². The summed E-state index contributed by atoms with van der Waals surface area (Å²) in [5.74, 6) is -1.28. The molecule has 0 fully saturated rings. The molecule has 0 unspecified atom stereocenters. The monoisotopic (exact) mass is 461 g/mol. The predicted octanol–water partition coefficient (Wildman–Crippen LogP) is 3.56. The molecule has 0 aliphatic heterocycles. The van der Waals surface area contributed by atoms with E-state index in [1.54, 1.807) is 40.8 Å². The first-order chi connectivity index (χ1) is 15.0. The van der Waals surface area contributed by atoms with Crippen LogP contribution in [0.4, 0.5) is 4.79 Å². The van der Waals surface area contributed by atoms with E-state index in [9.17, 15) is 14.4 Å². The summed E-state index contributed by atoms with van der Waals surface area (Å²) < 4.78 is 10.1. The van der Waals surface area contributed by atoms with Gasteiger partial charge < -0.3 is 20.1 Å². The third-order valence-corrected chi connectivity index (χ3v) is 5.32. The Labute approximate surface area is 192 Å². The van der Waals surface area contributed by atoms with Gasteiger partial charge in [-0.2, -0.15) is 0 Å². The zero-order valence-corrected chi connectivity index (χ0v) is 20.1. The van der Waals surface area contributed by atoms with Crippen LogP contribution >= 0.6 is 11.3 Å². The molecule has 0 saturated carbocycles. The summed E-state index contributed by atoms with van der Waals surface area (Å²) in [6, 6.07) is 5.84. The van der Waals surface area contributed by atoms with E-state index in [1.807, 2.05) is 29.6 Å². The van der Waals surface area contributed by atoms with Crippen molar-refractivity contribution in [3.05, 3.63) is 41.4 Å². The SMILES string of the molecule is COC(=O)[C@H](Cc1ccc(-c2nccs2)cc1)NC(=O)[C@@H](NC(=O)OC(C)(C)C)C(C)C. The van der Waals surface area contributed by atoms with Crippen LogP contribution in [0.5, 0.6) is 0 Å². The molecule has 0 aliphatic rings. The van der Waals surface area contributed by atoms with Crippen molar-refractivity contribution in [1.82, 2.24) is 15.6 Å². The first-order valence-electron chi connectivity index (χ1n) is 10.4. The normalized spacial score (nSPS) is 13.2. The molecule has 2 N–H and O–H groups in total. The van der Waals surface area contributed by atoms with E-state index in [1.165, 1.54) is 18.4 Å². The highest BCUT2D eigenvalue weighted by Gasteiger charge is 2.30. The van der Waals surface area contributed by atoms with Crippen LogP contribution in [-0.4, -0.2) is 47.7 Å². The Balaban J connectivity index is 2.10. The molecular formula is C23H31N3O5S. The molecule has 1 heterocycles. The zero-order valence-electron chi connectivity index (χ0n) is 19.3. The van der Waals surface area contributed by atoms with Gasteiger partial charge in [0.1, 0.15) is 22.7 Å². The van der Waals surface area contributed by atoms with E-state index >= 15 is 0 Å². The third kappa shape index (κ3) is 7.64. The predicted molar refractivity (Wildman–Crippen MR) is 123 cm³/mol. The van der Waals surface area contributed by atoms with Gasteiger partial charge in [-0.3, -0.25) is 4.79 Å². The average Bonchev–Trinajstić information content (AvgIpc) is 3.24. The standard InChI is InChI=1S/C23H31N3O5S/c1-14(2)18(26-22(29)31-23(3,4)5)19(27)25-17(21(28)30-6)13-15-7-9-16(10-8-15)20-24-11-12-32-20/h7-12,14,17-18H,13H2,1-6H3,(H,25,27)(H,26,29)/t17-,18-/m0/s1. The molecule has 2 aromatic rings. The van der Waals surface area contributed by atoms with E-state index in [0.717, 1.165) is 16.1 Å². The number of benzene rings is 1. The lowest BCUT2D eigenvalue weighted by atomic mass is 10.0. The van der Waals surface area contributed by atoms with Crippen molar-refractivity contribution in [2.24, 2.45) is 5.92 Å². The number of alkyl carbamates (subject to hydrolysis) is 1. The third-order valence-electron chi connectivity index (χ3n) is 4.50. The molecule has 2 atom stereocenters. The maximum atomic E-state index is 12.9. The second-order valence-corrected chi connectivity index (χ2v) is 9.59. The number of methoxy groups -OCH3 is 1. The lowest BCUT2D eigenvalue weighted by molar-refractivity contribution is -0.145. The number of carbonyl (C=O) groups excluding carboxylic acids is 3. The molecule has 0 saturated heterocycles. The fraction of sp³-hybridized carbons (Fsp3) is 0.478. The van der Waals surface area contributed by atoms with Gasteiger partial charge in [-0.05, 0) is 32.3 Å². The number of thiazole rings is 1. The van der Waals surface area contributed by atoms with Crippen LogP contribution in [0.2, 0.25) is 0 Å². The van der Waals surface area contributed by atoms with Gasteiger partial charge >= 0.3 is 12.1 Å². The van der Waals surface area contributed by atoms with Crippen molar-refractivity contribution in [3.8, 4) is 10.6 Å². The molecule has 2 amide bonds. The van der Waals surface area contributed by atoms with Crippen LogP contribution in [0.1, 0.15) is 40.2 Å². The number of nitrogens with zero attached hydrogens (tertiary/aromatic N) is 1. The maximum absolute atomic E-state index is 12.9. The summed E-state index contributed by atoms with van der Waals surface area (Å²) in [6.45, 7) is 8.82. The minimum absolute atomic E-state index is 0.224. The highest BCUT2D eigenvalue weighted by molar-refractivity contribution is 7.13. The van der Waals surface area contributed by atoms with Gasteiger partial charge in [-0.25, -0.2) is 14.6 Å². The Bertz CT molecular complexity index is 905. The Morgan fingerprint density at radius 3 is 2.25 bits per heavy atom. The number of carbonyl (C=O) groups is 3. The fourth-order valence-corrected chi connectivity index (χ4v) is 3.60. The van der Waals surface area contributed by atoms with Gasteiger partial charge in [0.2, 0.25) is 5.91 Å². The minimum atomic E-state index is -0.903. The molecule has 32 heavy (non-hydrogen) atoms. The minimum Gasteiger partial charge on any atom is -0.467 e. The molecule has 1 aromatic heterocycles. The molecule has 0 bridgehead atoms. The van der Waals surface area contributed by atoms with E-state index in [2.05, 4.69) is 15.6 Å². The Morgan fingerprint density at radius 2 is 1.75 bits per heavy atom. The lowest BCUT2D eigenvalue weighted by Crippen LogP contribution is -2.55. The number of rotatable bonds is 8. The summed E-state index contributed by atoms with van der Waals surface area (Å²) >= 11 is 1.54. The zero-order chi connectivity index (χ0) is 23.9. The number of aromatic nitrogens is 1. The van der Waals surface area contributed by atoms with Gasteiger partial charge in [0, 0.05) is 23.6 Å². The largest absolute Gasteiger partial charge is 0.467 e. The molecule has 0 radical (unpaired) electrons. The van der Waals surface area contributed by atoms with E-state index in [4.69, 9.17) is 9.47 Å². The van der Waals surface area contributed by atoms with Gasteiger partial charge in [0.25, 0.3) is 0 Å². The number of hydrogen-bond donors (Lipinski definition) is 2. The molecule has 1 aromatic carbocycles. The van der Waals surface area contributed by atoms with Gasteiger partial charge in [0.15, 0.2) is 0 Å². The summed E-state index contributed by atoms with van der Waals surface area (Å²) in [7, 11) is 1.27. The topological polar surface area (TPSA) is 107 Å². The van der Waals surface area contributed by atoms with Gasteiger partial charge in [0.05, 0.1) is 7.11 Å². The first kappa shape index (κ1) is 25.3. The highest BCUT2D eigenvalue weighted by Crippen LogP contribution is 2.22. The fourth-order valence-electron chi connectivity index (χ4n) is 2.95. The molecular weight excluding hydrogens is 430 g/mol. The number of amides is 2. The molecule has 0 aliphatic carbocycles. The molecule has 0 spiro atoms. The maximum Gasteiger partial charge on any atom is 0.408 e. The van der Waals surface area contributed by atoms with Crippen LogP contribution in [0.3, 0.4) is 0 Å². The molecule has 174 valence electrons. The van der Waals surface area contributed by atoms with E-state index < -0.39 is 35.7 Å². The van der Waals surface area contributed by atoms with Crippen LogP contribution < -0.4 is 10.6 Å². The van der Waals surface area contributed by atoms with Crippen molar-refractivity contribution in [2.75, 3.05) is 7.11 Å². The van der Waals surface area contributed by atoms with Gasteiger partial charge in [-0.1, -0.05) is 38.1 Å². The van der Waals surface area contributed by atoms with Crippen molar-refractivity contribution in [3.63, 3.8) is 0 Å². The average molecular weight is 462 g/mol. The van der Waals surface area contributed by atoms with Crippen LogP contribution in [0.25, 0.3) is 10.6 Å². The smallest absolute Gasteiger partial charge is 0.408 e. The lowest BCUT2D eigenvalue weighted by Gasteiger charge is -2.26. The quantitative estimate of drug-likeness (QED) is 0.582. The van der Waals surface area contributed by atoms with Crippen molar-refractivity contribution < 1.29 is 23.9 Å².